The zero-order valence-electron chi connectivity index (χ0n) is 12.3. The Morgan fingerprint density at radius 1 is 1.33 bits per heavy atom. The van der Waals surface area contributed by atoms with E-state index < -0.39 is 11.9 Å². The van der Waals surface area contributed by atoms with E-state index >= 15 is 0 Å². The Morgan fingerprint density at radius 3 is 2.71 bits per heavy atom. The topological polar surface area (TPSA) is 52.6 Å². The van der Waals surface area contributed by atoms with Crippen LogP contribution >= 0.6 is 0 Å². The Morgan fingerprint density at radius 2 is 2.05 bits per heavy atom. The number of ketones is 1. The van der Waals surface area contributed by atoms with Crippen LogP contribution in [0.1, 0.15) is 18.9 Å². The lowest BCUT2D eigenvalue weighted by atomic mass is 9.79. The van der Waals surface area contributed by atoms with Crippen molar-refractivity contribution in [2.24, 2.45) is 11.8 Å². The summed E-state index contributed by atoms with van der Waals surface area (Å²) in [6.07, 6.45) is 3.70. The van der Waals surface area contributed by atoms with Crippen molar-refractivity contribution in [1.29, 1.82) is 0 Å². The van der Waals surface area contributed by atoms with Gasteiger partial charge < -0.3 is 9.47 Å². The van der Waals surface area contributed by atoms with E-state index in [0.717, 1.165) is 5.56 Å². The highest BCUT2D eigenvalue weighted by atomic mass is 16.5. The molecule has 0 N–H and O–H groups in total. The van der Waals surface area contributed by atoms with Crippen molar-refractivity contribution < 1.29 is 19.1 Å². The molecule has 4 heteroatoms. The van der Waals surface area contributed by atoms with Gasteiger partial charge in [0, 0.05) is 5.92 Å². The molecule has 0 saturated carbocycles. The average Bonchev–Trinajstić information content (AvgIpc) is 2.52. The molecule has 0 aromatic heterocycles. The van der Waals surface area contributed by atoms with Gasteiger partial charge >= 0.3 is 5.97 Å². The molecule has 1 aliphatic rings. The monoisotopic (exact) mass is 288 g/mol. The van der Waals surface area contributed by atoms with Crippen molar-refractivity contribution in [1.82, 2.24) is 0 Å². The molecule has 3 atom stereocenters. The van der Waals surface area contributed by atoms with Gasteiger partial charge in [-0.1, -0.05) is 36.4 Å². The number of rotatable bonds is 5. The second-order valence-electron chi connectivity index (χ2n) is 5.21. The van der Waals surface area contributed by atoms with Crippen LogP contribution in [0.2, 0.25) is 0 Å². The molecule has 0 radical (unpaired) electrons. The molecule has 0 aliphatic heterocycles. The van der Waals surface area contributed by atoms with Gasteiger partial charge in [-0.05, 0) is 25.0 Å². The van der Waals surface area contributed by atoms with E-state index in [1.54, 1.807) is 6.08 Å². The van der Waals surface area contributed by atoms with Gasteiger partial charge in [0.1, 0.15) is 5.92 Å². The molecule has 0 amide bonds. The summed E-state index contributed by atoms with van der Waals surface area (Å²) >= 11 is 0. The summed E-state index contributed by atoms with van der Waals surface area (Å²) in [6.45, 7) is 2.36. The van der Waals surface area contributed by atoms with E-state index in [-0.39, 0.29) is 17.8 Å². The highest BCUT2D eigenvalue weighted by molar-refractivity contribution is 6.05. The lowest BCUT2D eigenvalue weighted by molar-refractivity contribution is -0.154. The summed E-state index contributed by atoms with van der Waals surface area (Å²) in [6, 6.07) is 9.82. The minimum atomic E-state index is -0.759. The van der Waals surface area contributed by atoms with Gasteiger partial charge in [0.25, 0.3) is 0 Å². The molecule has 0 saturated heterocycles. The van der Waals surface area contributed by atoms with Crippen LogP contribution in [0.4, 0.5) is 0 Å². The second kappa shape index (κ2) is 7.18. The molecule has 4 nitrogen and oxygen atoms in total. The molecule has 1 aromatic carbocycles. The zero-order valence-corrected chi connectivity index (χ0v) is 12.3. The van der Waals surface area contributed by atoms with Crippen LogP contribution in [0.5, 0.6) is 0 Å². The van der Waals surface area contributed by atoms with E-state index in [1.807, 2.05) is 37.3 Å². The lowest BCUT2D eigenvalue weighted by Crippen LogP contribution is -2.39. The SMILES string of the molecule is COC(=O)[C@H]1C(=O)C=CC[C@H]1[C@@H](C)OCc1ccccc1. The summed E-state index contributed by atoms with van der Waals surface area (Å²) < 4.78 is 10.6. The summed E-state index contributed by atoms with van der Waals surface area (Å²) in [5.41, 5.74) is 1.07. The quantitative estimate of drug-likeness (QED) is 0.617. The maximum atomic E-state index is 11.9. The van der Waals surface area contributed by atoms with Gasteiger partial charge in [-0.25, -0.2) is 0 Å². The van der Waals surface area contributed by atoms with E-state index in [4.69, 9.17) is 9.47 Å². The largest absolute Gasteiger partial charge is 0.468 e. The van der Waals surface area contributed by atoms with Crippen LogP contribution in [0, 0.1) is 11.8 Å². The Balaban J connectivity index is 2.02. The van der Waals surface area contributed by atoms with Gasteiger partial charge in [-0.2, -0.15) is 0 Å². The number of hydrogen-bond donors (Lipinski definition) is 0. The van der Waals surface area contributed by atoms with Crippen molar-refractivity contribution in [3.05, 3.63) is 48.0 Å². The summed E-state index contributed by atoms with van der Waals surface area (Å²) in [5.74, 6) is -1.62. The fraction of sp³-hybridized carbons (Fsp3) is 0.412. The fourth-order valence-corrected chi connectivity index (χ4v) is 2.60. The first-order valence-electron chi connectivity index (χ1n) is 7.07. The third-order valence-electron chi connectivity index (χ3n) is 3.84. The first kappa shape index (κ1) is 15.4. The van der Waals surface area contributed by atoms with Crippen LogP contribution in [-0.2, 0) is 25.7 Å². The first-order chi connectivity index (χ1) is 10.1. The summed E-state index contributed by atoms with van der Waals surface area (Å²) in [4.78, 5) is 23.8. The number of carbonyl (C=O) groups excluding carboxylic acids is 2. The number of hydrogen-bond acceptors (Lipinski definition) is 4. The molecular formula is C17H20O4. The number of carbonyl (C=O) groups is 2. The van der Waals surface area contributed by atoms with Crippen molar-refractivity contribution >= 4 is 11.8 Å². The zero-order chi connectivity index (χ0) is 15.2. The standard InChI is InChI=1S/C17H20O4/c1-12(21-11-13-7-4-3-5-8-13)14-9-6-10-15(18)16(14)17(19)20-2/h3-8,10,12,14,16H,9,11H2,1-2H3/t12-,14+,16-/m1/s1. The average molecular weight is 288 g/mol. The van der Waals surface area contributed by atoms with Crippen molar-refractivity contribution in [2.45, 2.75) is 26.1 Å². The molecule has 0 heterocycles. The van der Waals surface area contributed by atoms with Crippen LogP contribution in [0.15, 0.2) is 42.5 Å². The normalized spacial score (nSPS) is 22.9. The Labute approximate surface area is 124 Å². The summed E-state index contributed by atoms with van der Waals surface area (Å²) in [5, 5.41) is 0. The molecule has 2 rings (SSSR count). The lowest BCUT2D eigenvalue weighted by Gasteiger charge is -2.30. The van der Waals surface area contributed by atoms with Crippen molar-refractivity contribution in [3.63, 3.8) is 0 Å². The molecular weight excluding hydrogens is 268 g/mol. The van der Waals surface area contributed by atoms with Gasteiger partial charge in [-0.3, -0.25) is 9.59 Å². The molecule has 0 bridgehead atoms. The Bertz CT molecular complexity index is 521. The fourth-order valence-electron chi connectivity index (χ4n) is 2.60. The van der Waals surface area contributed by atoms with E-state index in [9.17, 15) is 9.59 Å². The van der Waals surface area contributed by atoms with Gasteiger partial charge in [-0.15, -0.1) is 0 Å². The molecule has 0 fully saturated rings. The third-order valence-corrected chi connectivity index (χ3v) is 3.84. The highest BCUT2D eigenvalue weighted by Crippen LogP contribution is 2.29. The van der Waals surface area contributed by atoms with E-state index in [1.165, 1.54) is 13.2 Å². The van der Waals surface area contributed by atoms with Crippen LogP contribution in [-0.4, -0.2) is 25.0 Å². The maximum Gasteiger partial charge on any atom is 0.316 e. The maximum absolute atomic E-state index is 11.9. The smallest absolute Gasteiger partial charge is 0.316 e. The predicted octanol–water partition coefficient (Wildman–Crippen LogP) is 2.53. The summed E-state index contributed by atoms with van der Waals surface area (Å²) in [7, 11) is 1.31. The Kier molecular flexibility index (Phi) is 5.28. The Hall–Kier alpha value is -1.94. The van der Waals surface area contributed by atoms with Crippen molar-refractivity contribution in [2.75, 3.05) is 7.11 Å². The molecule has 21 heavy (non-hydrogen) atoms. The number of benzene rings is 1. The van der Waals surface area contributed by atoms with E-state index in [0.29, 0.717) is 13.0 Å². The molecule has 112 valence electrons. The number of esters is 1. The van der Waals surface area contributed by atoms with Crippen LogP contribution in [0.3, 0.4) is 0 Å². The molecule has 0 unspecified atom stereocenters. The second-order valence-corrected chi connectivity index (χ2v) is 5.21. The minimum Gasteiger partial charge on any atom is -0.468 e. The number of ether oxygens (including phenoxy) is 2. The molecule has 1 aliphatic carbocycles. The highest BCUT2D eigenvalue weighted by Gasteiger charge is 2.39. The van der Waals surface area contributed by atoms with Gasteiger partial charge in [0.2, 0.25) is 0 Å². The van der Waals surface area contributed by atoms with Crippen LogP contribution < -0.4 is 0 Å². The van der Waals surface area contributed by atoms with Gasteiger partial charge in [0.05, 0.1) is 19.8 Å². The molecule has 1 aromatic rings. The predicted molar refractivity (Wildman–Crippen MR) is 78.5 cm³/mol. The minimum absolute atomic E-state index is 0.182. The van der Waals surface area contributed by atoms with E-state index in [2.05, 4.69) is 0 Å². The van der Waals surface area contributed by atoms with Crippen LogP contribution in [0.25, 0.3) is 0 Å². The first-order valence-corrected chi connectivity index (χ1v) is 7.07. The van der Waals surface area contributed by atoms with Crippen molar-refractivity contribution in [3.8, 4) is 0 Å². The molecule has 0 spiro atoms. The van der Waals surface area contributed by atoms with Gasteiger partial charge in [0.15, 0.2) is 5.78 Å². The number of methoxy groups -OCH3 is 1. The third kappa shape index (κ3) is 3.79. The number of allylic oxidation sites excluding steroid dienone is 2.